The van der Waals surface area contributed by atoms with Gasteiger partial charge in [-0.1, -0.05) is 19.0 Å². The lowest BCUT2D eigenvalue weighted by Crippen LogP contribution is -1.49. The van der Waals surface area contributed by atoms with Gasteiger partial charge in [0.05, 0.1) is 0 Å². The third-order valence-electron chi connectivity index (χ3n) is 0.402. The summed E-state index contributed by atoms with van der Waals surface area (Å²) in [4.78, 5) is 3.52. The number of halogens is 1. The van der Waals surface area contributed by atoms with Crippen LogP contribution in [0.2, 0.25) is 5.15 Å². The maximum Gasteiger partial charge on any atom is 0.181 e. The molecule has 0 aliphatic rings. The van der Waals surface area contributed by atoms with Gasteiger partial charge in [-0.2, -0.15) is 0 Å². The molecule has 0 atom stereocenters. The standard InChI is InChI=1S/C3H2ClNO.CH4/c4-3-1-6-2-5-3;/h1-2H;1H4. The summed E-state index contributed by atoms with van der Waals surface area (Å²) in [7, 11) is 0. The van der Waals surface area contributed by atoms with Gasteiger partial charge < -0.3 is 4.42 Å². The van der Waals surface area contributed by atoms with Crippen LogP contribution in [0.25, 0.3) is 0 Å². The molecule has 0 spiro atoms. The van der Waals surface area contributed by atoms with Gasteiger partial charge in [0.15, 0.2) is 11.5 Å². The lowest BCUT2D eigenvalue weighted by atomic mass is 11.0. The van der Waals surface area contributed by atoms with Gasteiger partial charge in [-0.3, -0.25) is 0 Å². The SMILES string of the molecule is C.Clc1cocn1. The predicted octanol–water partition coefficient (Wildman–Crippen LogP) is 1.96. The Morgan fingerprint density at radius 2 is 2.43 bits per heavy atom. The van der Waals surface area contributed by atoms with Crippen LogP contribution in [0.5, 0.6) is 0 Å². The molecular formula is C4H6ClNO. The van der Waals surface area contributed by atoms with Crippen molar-refractivity contribution < 1.29 is 4.42 Å². The Morgan fingerprint density at radius 1 is 1.71 bits per heavy atom. The summed E-state index contributed by atoms with van der Waals surface area (Å²) in [5.74, 6) is 0. The van der Waals surface area contributed by atoms with Crippen LogP contribution in [-0.2, 0) is 0 Å². The van der Waals surface area contributed by atoms with Gasteiger partial charge in [0, 0.05) is 0 Å². The normalized spacial score (nSPS) is 7.57. The van der Waals surface area contributed by atoms with Gasteiger partial charge in [-0.25, -0.2) is 4.98 Å². The smallest absolute Gasteiger partial charge is 0.181 e. The van der Waals surface area contributed by atoms with E-state index in [-0.39, 0.29) is 7.43 Å². The fourth-order valence-corrected chi connectivity index (χ4v) is 0.289. The molecule has 7 heavy (non-hydrogen) atoms. The number of rotatable bonds is 0. The molecule has 0 N–H and O–H groups in total. The monoisotopic (exact) mass is 119 g/mol. The topological polar surface area (TPSA) is 26.0 Å². The summed E-state index contributed by atoms with van der Waals surface area (Å²) < 4.78 is 4.47. The second kappa shape index (κ2) is 2.64. The van der Waals surface area contributed by atoms with Gasteiger partial charge in [0.2, 0.25) is 0 Å². The molecule has 3 heteroatoms. The Hall–Kier alpha value is -0.500. The van der Waals surface area contributed by atoms with Crippen LogP contribution in [-0.4, -0.2) is 4.98 Å². The minimum atomic E-state index is 0. The van der Waals surface area contributed by atoms with Gasteiger partial charge in [-0.05, 0) is 0 Å². The molecule has 1 rings (SSSR count). The number of hydrogen-bond donors (Lipinski definition) is 0. The number of oxazole rings is 1. The predicted molar refractivity (Wildman–Crippen MR) is 28.2 cm³/mol. The van der Waals surface area contributed by atoms with Crippen LogP contribution in [0.1, 0.15) is 7.43 Å². The van der Waals surface area contributed by atoms with Crippen molar-refractivity contribution >= 4 is 11.6 Å². The third-order valence-corrected chi connectivity index (χ3v) is 0.589. The zero-order valence-corrected chi connectivity index (χ0v) is 3.64. The largest absolute Gasteiger partial charge is 0.450 e. The molecule has 2 nitrogen and oxygen atoms in total. The molecule has 0 aliphatic heterocycles. The maximum absolute atomic E-state index is 5.25. The Morgan fingerprint density at radius 3 is 2.57 bits per heavy atom. The van der Waals surface area contributed by atoms with Crippen molar-refractivity contribution in [1.29, 1.82) is 0 Å². The first-order chi connectivity index (χ1) is 2.89. The summed E-state index contributed by atoms with van der Waals surface area (Å²) in [6, 6.07) is 0. The molecule has 1 heterocycles. The molecule has 40 valence electrons. The first-order valence-electron chi connectivity index (χ1n) is 1.43. The van der Waals surface area contributed by atoms with Crippen LogP contribution >= 0.6 is 11.6 Å². The van der Waals surface area contributed by atoms with Gasteiger partial charge in [0.25, 0.3) is 0 Å². The molecule has 0 saturated carbocycles. The Bertz CT molecular complexity index is 115. The molecule has 0 aromatic carbocycles. The van der Waals surface area contributed by atoms with E-state index in [1.54, 1.807) is 0 Å². The molecule has 1 aromatic heterocycles. The molecular weight excluding hydrogens is 114 g/mol. The molecule has 0 unspecified atom stereocenters. The van der Waals surface area contributed by atoms with Crippen LogP contribution in [0.15, 0.2) is 17.1 Å². The van der Waals surface area contributed by atoms with Gasteiger partial charge >= 0.3 is 0 Å². The van der Waals surface area contributed by atoms with Crippen LogP contribution in [0.4, 0.5) is 0 Å². The van der Waals surface area contributed by atoms with E-state index in [1.165, 1.54) is 12.7 Å². The van der Waals surface area contributed by atoms with E-state index in [0.29, 0.717) is 5.15 Å². The molecule has 0 fully saturated rings. The second-order valence-electron chi connectivity index (χ2n) is 0.811. The molecule has 0 bridgehead atoms. The van der Waals surface area contributed by atoms with Crippen molar-refractivity contribution in [2.24, 2.45) is 0 Å². The highest BCUT2D eigenvalue weighted by atomic mass is 35.5. The van der Waals surface area contributed by atoms with E-state index in [1.807, 2.05) is 0 Å². The van der Waals surface area contributed by atoms with Gasteiger partial charge in [0.1, 0.15) is 6.26 Å². The average Bonchev–Trinajstić information content (AvgIpc) is 1.86. The first kappa shape index (κ1) is 6.50. The van der Waals surface area contributed by atoms with Crippen molar-refractivity contribution in [2.75, 3.05) is 0 Å². The Labute approximate surface area is 47.1 Å². The van der Waals surface area contributed by atoms with E-state index in [9.17, 15) is 0 Å². The highest BCUT2D eigenvalue weighted by Gasteiger charge is 1.80. The van der Waals surface area contributed by atoms with Crippen molar-refractivity contribution in [2.45, 2.75) is 7.43 Å². The van der Waals surface area contributed by atoms with Crippen LogP contribution < -0.4 is 0 Å². The number of hydrogen-bond acceptors (Lipinski definition) is 2. The van der Waals surface area contributed by atoms with Crippen molar-refractivity contribution in [1.82, 2.24) is 4.98 Å². The summed E-state index contributed by atoms with van der Waals surface area (Å²) >= 11 is 5.25. The Balaban J connectivity index is 0.000000360. The summed E-state index contributed by atoms with van der Waals surface area (Å²) in [6.45, 7) is 0. The average molecular weight is 120 g/mol. The molecule has 1 aromatic rings. The molecule has 0 aliphatic carbocycles. The summed E-state index contributed by atoms with van der Waals surface area (Å²) in [5, 5.41) is 0.398. The van der Waals surface area contributed by atoms with Crippen LogP contribution in [0.3, 0.4) is 0 Å². The minimum Gasteiger partial charge on any atom is -0.450 e. The summed E-state index contributed by atoms with van der Waals surface area (Å²) in [5.41, 5.74) is 0. The molecule has 0 saturated heterocycles. The zero-order chi connectivity index (χ0) is 4.41. The van der Waals surface area contributed by atoms with E-state index in [2.05, 4.69) is 9.40 Å². The fraction of sp³-hybridized carbons (Fsp3) is 0.250. The summed E-state index contributed by atoms with van der Waals surface area (Å²) in [6.07, 6.45) is 2.64. The maximum atomic E-state index is 5.25. The lowest BCUT2D eigenvalue weighted by molar-refractivity contribution is 0.558. The lowest BCUT2D eigenvalue weighted by Gasteiger charge is -1.58. The second-order valence-corrected chi connectivity index (χ2v) is 1.20. The highest BCUT2D eigenvalue weighted by molar-refractivity contribution is 6.29. The molecule has 0 radical (unpaired) electrons. The quantitative estimate of drug-likeness (QED) is 0.522. The minimum absolute atomic E-state index is 0. The van der Waals surface area contributed by atoms with Crippen molar-refractivity contribution in [3.8, 4) is 0 Å². The van der Waals surface area contributed by atoms with Crippen molar-refractivity contribution in [3.63, 3.8) is 0 Å². The zero-order valence-electron chi connectivity index (χ0n) is 2.89. The van der Waals surface area contributed by atoms with E-state index in [4.69, 9.17) is 11.6 Å². The Kier molecular flexibility index (Phi) is 2.45. The molecule has 0 amide bonds. The van der Waals surface area contributed by atoms with E-state index < -0.39 is 0 Å². The number of aromatic nitrogens is 1. The van der Waals surface area contributed by atoms with E-state index in [0.717, 1.165) is 0 Å². The highest BCUT2D eigenvalue weighted by Crippen LogP contribution is 1.99. The fourth-order valence-electron chi connectivity index (χ4n) is 0.198. The third kappa shape index (κ3) is 1.59. The van der Waals surface area contributed by atoms with Crippen molar-refractivity contribution in [3.05, 3.63) is 17.8 Å². The number of nitrogens with zero attached hydrogens (tertiary/aromatic N) is 1. The first-order valence-corrected chi connectivity index (χ1v) is 1.81. The van der Waals surface area contributed by atoms with Gasteiger partial charge in [-0.15, -0.1) is 0 Å². The van der Waals surface area contributed by atoms with Crippen LogP contribution in [0, 0.1) is 0 Å². The van der Waals surface area contributed by atoms with E-state index >= 15 is 0 Å².